The van der Waals surface area contributed by atoms with Gasteiger partial charge in [-0.2, -0.15) is 13.2 Å². The van der Waals surface area contributed by atoms with Crippen LogP contribution in [0.4, 0.5) is 13.2 Å². The first-order valence-electron chi connectivity index (χ1n) is 6.18. The number of aryl methyl sites for hydroxylation is 1. The lowest BCUT2D eigenvalue weighted by atomic mass is 10.1. The Morgan fingerprint density at radius 3 is 2.25 bits per heavy atom. The van der Waals surface area contributed by atoms with Crippen LogP contribution >= 0.6 is 0 Å². The molecular weight excluding hydrogens is 263 g/mol. The van der Waals surface area contributed by atoms with Gasteiger partial charge in [-0.3, -0.25) is 4.99 Å². The molecule has 0 radical (unpaired) electrons. The highest BCUT2D eigenvalue weighted by molar-refractivity contribution is 5.79. The Hall–Kier alpha value is -2.10. The fourth-order valence-corrected chi connectivity index (χ4v) is 1.80. The minimum atomic E-state index is -4.29. The molecule has 0 spiro atoms. The number of alkyl halides is 3. The second kappa shape index (κ2) is 5.90. The van der Waals surface area contributed by atoms with Gasteiger partial charge in [0.15, 0.2) is 0 Å². The van der Waals surface area contributed by atoms with E-state index in [0.717, 1.165) is 23.3 Å². The fraction of sp³-hybridized carbons (Fsp3) is 0.188. The summed E-state index contributed by atoms with van der Waals surface area (Å²) in [6.07, 6.45) is -2.70. The van der Waals surface area contributed by atoms with Crippen molar-refractivity contribution < 1.29 is 13.2 Å². The van der Waals surface area contributed by atoms with Gasteiger partial charge in [-0.05, 0) is 35.7 Å². The predicted molar refractivity (Wildman–Crippen MR) is 73.9 cm³/mol. The molecule has 1 nitrogen and oxygen atoms in total. The Balaban J connectivity index is 2.04. The van der Waals surface area contributed by atoms with Gasteiger partial charge >= 0.3 is 6.18 Å². The maximum atomic E-state index is 12.4. The van der Waals surface area contributed by atoms with Crippen molar-refractivity contribution in [2.45, 2.75) is 19.6 Å². The molecule has 0 fully saturated rings. The molecule has 0 atom stereocenters. The van der Waals surface area contributed by atoms with Crippen molar-refractivity contribution in [2.75, 3.05) is 0 Å². The van der Waals surface area contributed by atoms with Gasteiger partial charge in [0.2, 0.25) is 0 Å². The molecule has 0 heterocycles. The summed E-state index contributed by atoms with van der Waals surface area (Å²) < 4.78 is 37.2. The Morgan fingerprint density at radius 2 is 1.65 bits per heavy atom. The highest BCUT2D eigenvalue weighted by Crippen LogP contribution is 2.28. The first kappa shape index (κ1) is 14.3. The molecule has 0 saturated carbocycles. The van der Waals surface area contributed by atoms with Gasteiger partial charge in [-0.1, -0.05) is 36.4 Å². The summed E-state index contributed by atoms with van der Waals surface area (Å²) in [6, 6.07) is 12.9. The number of benzene rings is 2. The lowest BCUT2D eigenvalue weighted by molar-refractivity contribution is -0.137. The summed E-state index contributed by atoms with van der Waals surface area (Å²) in [5.74, 6) is 0. The van der Waals surface area contributed by atoms with E-state index in [1.54, 1.807) is 6.21 Å². The molecule has 0 amide bonds. The molecule has 0 aliphatic carbocycles. The third-order valence-electron chi connectivity index (χ3n) is 3.00. The number of aliphatic imine (C=N–C) groups is 1. The van der Waals surface area contributed by atoms with Crippen LogP contribution in [0, 0.1) is 6.92 Å². The van der Waals surface area contributed by atoms with E-state index in [4.69, 9.17) is 0 Å². The van der Waals surface area contributed by atoms with E-state index < -0.39 is 11.7 Å². The maximum absolute atomic E-state index is 12.4. The standard InChI is InChI=1S/C16H14F3N/c1-12-4-2-3-5-14(12)11-20-10-13-6-8-15(9-7-13)16(17,18)19/h2-10H,11H2,1H3. The molecular formula is C16H14F3N. The normalized spacial score (nSPS) is 12.0. The Bertz CT molecular complexity index is 598. The minimum absolute atomic E-state index is 0.522. The SMILES string of the molecule is Cc1ccccc1CN=Cc1ccc(C(F)(F)F)cc1. The molecule has 0 bridgehead atoms. The van der Waals surface area contributed by atoms with E-state index in [2.05, 4.69) is 4.99 Å². The average molecular weight is 277 g/mol. The van der Waals surface area contributed by atoms with E-state index in [0.29, 0.717) is 12.1 Å². The predicted octanol–water partition coefficient (Wildman–Crippen LogP) is 4.63. The van der Waals surface area contributed by atoms with Crippen molar-refractivity contribution in [3.8, 4) is 0 Å². The monoisotopic (exact) mass is 277 g/mol. The summed E-state index contributed by atoms with van der Waals surface area (Å²) in [5.41, 5.74) is 2.27. The van der Waals surface area contributed by atoms with E-state index in [1.807, 2.05) is 31.2 Å². The van der Waals surface area contributed by atoms with Crippen LogP contribution in [0.1, 0.15) is 22.3 Å². The quantitative estimate of drug-likeness (QED) is 0.725. The summed E-state index contributed by atoms with van der Waals surface area (Å²) in [6.45, 7) is 2.52. The van der Waals surface area contributed by atoms with Crippen molar-refractivity contribution >= 4 is 6.21 Å². The van der Waals surface area contributed by atoms with Gasteiger partial charge in [0, 0.05) is 6.21 Å². The van der Waals surface area contributed by atoms with Crippen LogP contribution in [-0.4, -0.2) is 6.21 Å². The molecule has 0 unspecified atom stereocenters. The third kappa shape index (κ3) is 3.70. The number of halogens is 3. The van der Waals surface area contributed by atoms with Crippen LogP contribution in [0.3, 0.4) is 0 Å². The van der Waals surface area contributed by atoms with Crippen LogP contribution in [0.5, 0.6) is 0 Å². The molecule has 0 aliphatic rings. The van der Waals surface area contributed by atoms with Crippen molar-refractivity contribution in [2.24, 2.45) is 4.99 Å². The van der Waals surface area contributed by atoms with Crippen LogP contribution in [0.25, 0.3) is 0 Å². The molecule has 2 aromatic carbocycles. The summed E-state index contributed by atoms with van der Waals surface area (Å²) in [4.78, 5) is 4.26. The Kier molecular flexibility index (Phi) is 4.23. The van der Waals surface area contributed by atoms with Gasteiger partial charge in [0.05, 0.1) is 12.1 Å². The smallest absolute Gasteiger partial charge is 0.288 e. The van der Waals surface area contributed by atoms with Gasteiger partial charge in [0.25, 0.3) is 0 Å². The van der Waals surface area contributed by atoms with Crippen LogP contribution in [0.15, 0.2) is 53.5 Å². The molecule has 0 N–H and O–H groups in total. The molecule has 20 heavy (non-hydrogen) atoms. The number of hydrogen-bond acceptors (Lipinski definition) is 1. The second-order valence-electron chi connectivity index (χ2n) is 4.52. The number of rotatable bonds is 3. The van der Waals surface area contributed by atoms with E-state index in [-0.39, 0.29) is 0 Å². The largest absolute Gasteiger partial charge is 0.416 e. The summed E-state index contributed by atoms with van der Waals surface area (Å²) >= 11 is 0. The molecule has 0 saturated heterocycles. The van der Waals surface area contributed by atoms with Crippen LogP contribution < -0.4 is 0 Å². The van der Waals surface area contributed by atoms with Gasteiger partial charge < -0.3 is 0 Å². The maximum Gasteiger partial charge on any atom is 0.416 e. The van der Waals surface area contributed by atoms with Crippen molar-refractivity contribution in [3.05, 3.63) is 70.8 Å². The minimum Gasteiger partial charge on any atom is -0.288 e. The first-order chi connectivity index (χ1) is 9.47. The highest BCUT2D eigenvalue weighted by atomic mass is 19.4. The van der Waals surface area contributed by atoms with Crippen molar-refractivity contribution in [1.82, 2.24) is 0 Å². The number of nitrogens with zero attached hydrogens (tertiary/aromatic N) is 1. The summed E-state index contributed by atoms with van der Waals surface area (Å²) in [7, 11) is 0. The molecule has 104 valence electrons. The third-order valence-corrected chi connectivity index (χ3v) is 3.00. The second-order valence-corrected chi connectivity index (χ2v) is 4.52. The van der Waals surface area contributed by atoms with Gasteiger partial charge in [-0.25, -0.2) is 0 Å². The van der Waals surface area contributed by atoms with E-state index in [9.17, 15) is 13.2 Å². The van der Waals surface area contributed by atoms with Crippen molar-refractivity contribution in [3.63, 3.8) is 0 Å². The van der Waals surface area contributed by atoms with Crippen LogP contribution in [-0.2, 0) is 12.7 Å². The zero-order chi connectivity index (χ0) is 14.6. The lowest BCUT2D eigenvalue weighted by Gasteiger charge is -2.05. The zero-order valence-electron chi connectivity index (χ0n) is 11.0. The number of hydrogen-bond donors (Lipinski definition) is 0. The highest BCUT2D eigenvalue weighted by Gasteiger charge is 2.29. The summed E-state index contributed by atoms with van der Waals surface area (Å²) in [5, 5.41) is 0. The molecule has 4 heteroatoms. The Labute approximate surface area is 115 Å². The Morgan fingerprint density at radius 1 is 1.00 bits per heavy atom. The van der Waals surface area contributed by atoms with Gasteiger partial charge in [-0.15, -0.1) is 0 Å². The van der Waals surface area contributed by atoms with Crippen LogP contribution in [0.2, 0.25) is 0 Å². The van der Waals surface area contributed by atoms with Crippen molar-refractivity contribution in [1.29, 1.82) is 0 Å². The van der Waals surface area contributed by atoms with Gasteiger partial charge in [0.1, 0.15) is 0 Å². The lowest BCUT2D eigenvalue weighted by Crippen LogP contribution is -2.04. The fourth-order valence-electron chi connectivity index (χ4n) is 1.80. The first-order valence-corrected chi connectivity index (χ1v) is 6.18. The molecule has 2 rings (SSSR count). The topological polar surface area (TPSA) is 12.4 Å². The van der Waals surface area contributed by atoms with E-state index >= 15 is 0 Å². The van der Waals surface area contributed by atoms with E-state index in [1.165, 1.54) is 12.1 Å². The molecule has 0 aliphatic heterocycles. The molecule has 0 aromatic heterocycles. The zero-order valence-corrected chi connectivity index (χ0v) is 11.0. The molecule has 2 aromatic rings. The average Bonchev–Trinajstić information content (AvgIpc) is 2.40.